The van der Waals surface area contributed by atoms with E-state index in [2.05, 4.69) is 10.0 Å². The Bertz CT molecular complexity index is 1030. The highest BCUT2D eigenvalue weighted by Crippen LogP contribution is 2.24. The standard InChI is InChI=1S/C17H18N4O6S/c1-10-3-8-14(9-15(10)21(24)25)28(26,27)20-13-6-4-12(5-7-13)17(23)19-11(2)16(18)22/h3-9,11,20H,1-2H3,(H2,18,22)(H,19,23). The molecular weight excluding hydrogens is 388 g/mol. The van der Waals surface area contributed by atoms with Crippen LogP contribution in [0.25, 0.3) is 0 Å². The molecule has 1 unspecified atom stereocenters. The summed E-state index contributed by atoms with van der Waals surface area (Å²) >= 11 is 0. The second kappa shape index (κ2) is 8.05. The van der Waals surface area contributed by atoms with Gasteiger partial charge in [-0.3, -0.25) is 24.4 Å². The zero-order chi connectivity index (χ0) is 21.1. The number of nitro benzene ring substituents is 1. The van der Waals surface area contributed by atoms with E-state index in [0.29, 0.717) is 5.56 Å². The number of hydrogen-bond donors (Lipinski definition) is 3. The molecule has 0 saturated carbocycles. The van der Waals surface area contributed by atoms with Crippen LogP contribution in [0.1, 0.15) is 22.8 Å². The lowest BCUT2D eigenvalue weighted by molar-refractivity contribution is -0.385. The van der Waals surface area contributed by atoms with E-state index in [1.807, 2.05) is 0 Å². The molecule has 0 fully saturated rings. The predicted octanol–water partition coefficient (Wildman–Crippen LogP) is 1.31. The molecule has 0 aliphatic heterocycles. The lowest BCUT2D eigenvalue weighted by Gasteiger charge is -2.11. The molecule has 148 valence electrons. The van der Waals surface area contributed by atoms with Crippen molar-refractivity contribution < 1.29 is 22.9 Å². The summed E-state index contributed by atoms with van der Waals surface area (Å²) in [7, 11) is -4.07. The van der Waals surface area contributed by atoms with E-state index in [-0.39, 0.29) is 21.8 Å². The van der Waals surface area contributed by atoms with Gasteiger partial charge in [0.15, 0.2) is 0 Å². The van der Waals surface area contributed by atoms with Crippen LogP contribution < -0.4 is 15.8 Å². The number of aryl methyl sites for hydroxylation is 1. The third-order valence-electron chi connectivity index (χ3n) is 3.86. The molecule has 0 bridgehead atoms. The fraction of sp³-hybridized carbons (Fsp3) is 0.176. The van der Waals surface area contributed by atoms with Crippen LogP contribution in [-0.2, 0) is 14.8 Å². The molecule has 11 heteroatoms. The Labute approximate surface area is 160 Å². The number of anilines is 1. The third-order valence-corrected chi connectivity index (χ3v) is 5.24. The minimum atomic E-state index is -4.07. The average molecular weight is 406 g/mol. The van der Waals surface area contributed by atoms with Crippen molar-refractivity contribution in [2.24, 2.45) is 5.73 Å². The van der Waals surface area contributed by atoms with E-state index in [4.69, 9.17) is 5.73 Å². The van der Waals surface area contributed by atoms with Crippen LogP contribution in [0.4, 0.5) is 11.4 Å². The average Bonchev–Trinajstić information content (AvgIpc) is 2.61. The van der Waals surface area contributed by atoms with Gasteiger partial charge in [0, 0.05) is 22.9 Å². The lowest BCUT2D eigenvalue weighted by atomic mass is 10.2. The number of benzene rings is 2. The molecule has 2 amide bonds. The highest BCUT2D eigenvalue weighted by Gasteiger charge is 2.20. The number of sulfonamides is 1. The van der Waals surface area contributed by atoms with Gasteiger partial charge in [0.05, 0.1) is 9.82 Å². The first kappa shape index (κ1) is 20.8. The van der Waals surface area contributed by atoms with Gasteiger partial charge in [-0.2, -0.15) is 0 Å². The quantitative estimate of drug-likeness (QED) is 0.464. The number of hydrogen-bond acceptors (Lipinski definition) is 6. The normalized spacial score (nSPS) is 12.1. The van der Waals surface area contributed by atoms with E-state index in [0.717, 1.165) is 6.07 Å². The first-order chi connectivity index (χ1) is 13.0. The van der Waals surface area contributed by atoms with Crippen LogP contribution in [-0.4, -0.2) is 31.2 Å². The van der Waals surface area contributed by atoms with E-state index < -0.39 is 32.8 Å². The van der Waals surface area contributed by atoms with Crippen LogP contribution in [0, 0.1) is 17.0 Å². The van der Waals surface area contributed by atoms with Crippen molar-refractivity contribution in [2.75, 3.05) is 4.72 Å². The van der Waals surface area contributed by atoms with E-state index in [1.54, 1.807) is 0 Å². The Kier molecular flexibility index (Phi) is 5.99. The zero-order valence-corrected chi connectivity index (χ0v) is 15.8. The summed E-state index contributed by atoms with van der Waals surface area (Å²) in [6.07, 6.45) is 0. The van der Waals surface area contributed by atoms with Gasteiger partial charge >= 0.3 is 0 Å². The van der Waals surface area contributed by atoms with Crippen molar-refractivity contribution in [3.05, 3.63) is 63.7 Å². The maximum atomic E-state index is 12.5. The predicted molar refractivity (Wildman–Crippen MR) is 101 cm³/mol. The van der Waals surface area contributed by atoms with E-state index >= 15 is 0 Å². The van der Waals surface area contributed by atoms with Crippen LogP contribution in [0.3, 0.4) is 0 Å². The molecule has 2 rings (SSSR count). The van der Waals surface area contributed by atoms with Crippen molar-refractivity contribution in [2.45, 2.75) is 24.8 Å². The Morgan fingerprint density at radius 3 is 2.29 bits per heavy atom. The molecule has 1 atom stereocenters. The van der Waals surface area contributed by atoms with Crippen molar-refractivity contribution in [3.63, 3.8) is 0 Å². The minimum Gasteiger partial charge on any atom is -0.368 e. The van der Waals surface area contributed by atoms with Gasteiger partial charge in [-0.15, -0.1) is 0 Å². The summed E-state index contributed by atoms with van der Waals surface area (Å²) in [5.74, 6) is -1.24. The molecule has 0 aliphatic rings. The van der Waals surface area contributed by atoms with Gasteiger partial charge < -0.3 is 11.1 Å². The molecule has 0 saturated heterocycles. The number of amides is 2. The summed E-state index contributed by atoms with van der Waals surface area (Å²) in [6, 6.07) is 8.15. The fourth-order valence-electron chi connectivity index (χ4n) is 2.21. The molecule has 0 spiro atoms. The number of carbonyl (C=O) groups is 2. The molecule has 28 heavy (non-hydrogen) atoms. The SMILES string of the molecule is Cc1ccc(S(=O)(=O)Nc2ccc(C(=O)NC(C)C(N)=O)cc2)cc1[N+](=O)[O-]. The van der Waals surface area contributed by atoms with Crippen molar-refractivity contribution in [3.8, 4) is 0 Å². The Morgan fingerprint density at radius 2 is 1.75 bits per heavy atom. The van der Waals surface area contributed by atoms with Gasteiger partial charge in [0.25, 0.3) is 21.6 Å². The highest BCUT2D eigenvalue weighted by molar-refractivity contribution is 7.92. The number of nitrogens with zero attached hydrogens (tertiary/aromatic N) is 1. The maximum Gasteiger partial charge on any atom is 0.273 e. The second-order valence-corrected chi connectivity index (χ2v) is 7.67. The number of rotatable bonds is 7. The Hall–Kier alpha value is -3.47. The minimum absolute atomic E-state index is 0.155. The molecule has 0 aliphatic carbocycles. The number of nitro groups is 1. The molecule has 2 aromatic rings. The molecule has 4 N–H and O–H groups in total. The van der Waals surface area contributed by atoms with Crippen molar-refractivity contribution >= 4 is 33.2 Å². The molecule has 0 aromatic heterocycles. The first-order valence-electron chi connectivity index (χ1n) is 7.99. The van der Waals surface area contributed by atoms with Gasteiger partial charge in [-0.1, -0.05) is 6.07 Å². The smallest absolute Gasteiger partial charge is 0.273 e. The molecule has 10 nitrogen and oxygen atoms in total. The summed E-state index contributed by atoms with van der Waals surface area (Å²) in [4.78, 5) is 33.1. The van der Waals surface area contributed by atoms with Crippen molar-refractivity contribution in [1.29, 1.82) is 0 Å². The summed E-state index contributed by atoms with van der Waals surface area (Å²) in [5, 5.41) is 13.4. The number of primary amides is 1. The van der Waals surface area contributed by atoms with Crippen LogP contribution in [0.2, 0.25) is 0 Å². The van der Waals surface area contributed by atoms with Crippen LogP contribution in [0.15, 0.2) is 47.4 Å². The van der Waals surface area contributed by atoms with Crippen LogP contribution >= 0.6 is 0 Å². The lowest BCUT2D eigenvalue weighted by Crippen LogP contribution is -2.42. The third kappa shape index (κ3) is 4.82. The van der Waals surface area contributed by atoms with Gasteiger partial charge in [-0.25, -0.2) is 8.42 Å². The van der Waals surface area contributed by atoms with E-state index in [1.165, 1.54) is 50.2 Å². The molecule has 0 heterocycles. The van der Waals surface area contributed by atoms with Gasteiger partial charge in [0.2, 0.25) is 5.91 Å². The Balaban J connectivity index is 2.19. The fourth-order valence-corrected chi connectivity index (χ4v) is 3.29. The van der Waals surface area contributed by atoms with Crippen LogP contribution in [0.5, 0.6) is 0 Å². The monoisotopic (exact) mass is 406 g/mol. The highest BCUT2D eigenvalue weighted by atomic mass is 32.2. The second-order valence-electron chi connectivity index (χ2n) is 5.99. The summed E-state index contributed by atoms with van der Waals surface area (Å²) in [6.45, 7) is 2.94. The number of nitrogens with two attached hydrogens (primary N) is 1. The maximum absolute atomic E-state index is 12.5. The molecular formula is C17H18N4O6S. The zero-order valence-electron chi connectivity index (χ0n) is 15.0. The molecule has 0 radical (unpaired) electrons. The van der Waals surface area contributed by atoms with Crippen molar-refractivity contribution in [1.82, 2.24) is 5.32 Å². The number of nitrogens with one attached hydrogen (secondary N) is 2. The van der Waals surface area contributed by atoms with E-state index in [9.17, 15) is 28.1 Å². The first-order valence-corrected chi connectivity index (χ1v) is 9.47. The Morgan fingerprint density at radius 1 is 1.14 bits per heavy atom. The molecule has 2 aromatic carbocycles. The largest absolute Gasteiger partial charge is 0.368 e. The summed E-state index contributed by atoms with van der Waals surface area (Å²) < 4.78 is 27.2. The number of carbonyl (C=O) groups excluding carboxylic acids is 2. The van der Waals surface area contributed by atoms with Gasteiger partial charge in [0.1, 0.15) is 6.04 Å². The summed E-state index contributed by atoms with van der Waals surface area (Å²) in [5.41, 5.74) is 5.46. The van der Waals surface area contributed by atoms with Gasteiger partial charge in [-0.05, 0) is 44.2 Å². The topological polar surface area (TPSA) is 162 Å².